The van der Waals surface area contributed by atoms with Gasteiger partial charge < -0.3 is 9.84 Å². The van der Waals surface area contributed by atoms with E-state index in [1.54, 1.807) is 0 Å². The smallest absolute Gasteiger partial charge is 0.0499 e. The van der Waals surface area contributed by atoms with E-state index in [1.807, 2.05) is 31.2 Å². The van der Waals surface area contributed by atoms with E-state index in [9.17, 15) is 5.11 Å². The van der Waals surface area contributed by atoms with Crippen LogP contribution in [0.2, 0.25) is 5.02 Å². The van der Waals surface area contributed by atoms with Gasteiger partial charge in [0.25, 0.3) is 0 Å². The van der Waals surface area contributed by atoms with Crippen LogP contribution in [0.5, 0.6) is 0 Å². The molecule has 0 radical (unpaired) electrons. The van der Waals surface area contributed by atoms with Gasteiger partial charge in [-0.3, -0.25) is 0 Å². The van der Waals surface area contributed by atoms with E-state index in [0.29, 0.717) is 0 Å². The first kappa shape index (κ1) is 13.5. The number of aliphatic hydroxyl groups is 1. The summed E-state index contributed by atoms with van der Waals surface area (Å²) in [5, 5.41) is 10.1. The summed E-state index contributed by atoms with van der Waals surface area (Å²) in [4.78, 5) is 0. The Morgan fingerprint density at radius 2 is 2.25 bits per heavy atom. The molecule has 0 amide bonds. The van der Waals surface area contributed by atoms with Gasteiger partial charge in [0.15, 0.2) is 0 Å². The lowest BCUT2D eigenvalue weighted by molar-refractivity contribution is 0.138. The van der Waals surface area contributed by atoms with E-state index < -0.39 is 0 Å². The number of hydrogen-bond acceptors (Lipinski definition) is 2. The molecule has 0 aliphatic heterocycles. The second-order valence-electron chi connectivity index (χ2n) is 3.77. The fraction of sp³-hybridized carbons (Fsp3) is 0.538. The first-order valence-corrected chi connectivity index (χ1v) is 6.09. The molecule has 0 saturated heterocycles. The van der Waals surface area contributed by atoms with Gasteiger partial charge in [-0.25, -0.2) is 0 Å². The minimum atomic E-state index is 0.159. The van der Waals surface area contributed by atoms with Crippen LogP contribution in [0.15, 0.2) is 24.3 Å². The summed E-state index contributed by atoms with van der Waals surface area (Å²) >= 11 is 5.92. The van der Waals surface area contributed by atoms with Crippen LogP contribution in [0.1, 0.15) is 31.2 Å². The van der Waals surface area contributed by atoms with Crippen molar-refractivity contribution < 1.29 is 9.84 Å². The molecule has 1 unspecified atom stereocenters. The van der Waals surface area contributed by atoms with Crippen LogP contribution in [0, 0.1) is 0 Å². The fourth-order valence-electron chi connectivity index (χ4n) is 1.70. The average Bonchev–Trinajstić information content (AvgIpc) is 2.29. The van der Waals surface area contributed by atoms with Crippen LogP contribution in [0.4, 0.5) is 0 Å². The van der Waals surface area contributed by atoms with Crippen molar-refractivity contribution in [2.45, 2.75) is 25.7 Å². The highest BCUT2D eigenvalue weighted by Gasteiger charge is 2.10. The normalized spacial score (nSPS) is 12.7. The lowest BCUT2D eigenvalue weighted by Gasteiger charge is -2.14. The third-order valence-corrected chi connectivity index (χ3v) is 2.82. The highest BCUT2D eigenvalue weighted by molar-refractivity contribution is 6.30. The summed E-state index contributed by atoms with van der Waals surface area (Å²) in [5.41, 5.74) is 1.10. The SMILES string of the molecule is CCOCCCC(CO)c1cccc(Cl)c1. The van der Waals surface area contributed by atoms with Gasteiger partial charge >= 0.3 is 0 Å². The molecule has 0 fully saturated rings. The first-order valence-electron chi connectivity index (χ1n) is 5.72. The molecule has 0 heterocycles. The standard InChI is InChI=1S/C13H19ClO2/c1-2-16-8-4-6-12(10-15)11-5-3-7-13(14)9-11/h3,5,7,9,12,15H,2,4,6,8,10H2,1H3. The van der Waals surface area contributed by atoms with Crippen molar-refractivity contribution in [3.05, 3.63) is 34.9 Å². The maximum absolute atomic E-state index is 9.34. The van der Waals surface area contributed by atoms with Crippen molar-refractivity contribution in [3.63, 3.8) is 0 Å². The zero-order chi connectivity index (χ0) is 11.8. The van der Waals surface area contributed by atoms with Gasteiger partial charge in [0.1, 0.15) is 0 Å². The van der Waals surface area contributed by atoms with Crippen molar-refractivity contribution >= 4 is 11.6 Å². The minimum absolute atomic E-state index is 0.159. The minimum Gasteiger partial charge on any atom is -0.396 e. The summed E-state index contributed by atoms with van der Waals surface area (Å²) in [6, 6.07) is 7.69. The predicted octanol–water partition coefficient (Wildman–Crippen LogP) is 3.23. The maximum atomic E-state index is 9.34. The second kappa shape index (κ2) is 7.66. The van der Waals surface area contributed by atoms with Crippen molar-refractivity contribution in [2.75, 3.05) is 19.8 Å². The number of benzene rings is 1. The van der Waals surface area contributed by atoms with Gasteiger partial charge in [-0.05, 0) is 37.5 Å². The lowest BCUT2D eigenvalue weighted by Crippen LogP contribution is -2.06. The number of aliphatic hydroxyl groups excluding tert-OH is 1. The van der Waals surface area contributed by atoms with Crippen LogP contribution >= 0.6 is 11.6 Å². The van der Waals surface area contributed by atoms with Gasteiger partial charge in [0.2, 0.25) is 0 Å². The Bertz CT molecular complexity index is 302. The van der Waals surface area contributed by atoms with Crippen molar-refractivity contribution in [1.82, 2.24) is 0 Å². The monoisotopic (exact) mass is 242 g/mol. The third-order valence-electron chi connectivity index (χ3n) is 2.59. The predicted molar refractivity (Wildman–Crippen MR) is 67.0 cm³/mol. The first-order chi connectivity index (χ1) is 7.77. The van der Waals surface area contributed by atoms with Crippen LogP contribution in [-0.2, 0) is 4.74 Å². The molecule has 1 N–H and O–H groups in total. The van der Waals surface area contributed by atoms with E-state index in [2.05, 4.69) is 0 Å². The molecule has 0 spiro atoms. The van der Waals surface area contributed by atoms with Gasteiger partial charge in [-0.1, -0.05) is 23.7 Å². The van der Waals surface area contributed by atoms with Crippen LogP contribution < -0.4 is 0 Å². The molecule has 0 bridgehead atoms. The van der Waals surface area contributed by atoms with E-state index in [-0.39, 0.29) is 12.5 Å². The molecule has 0 aliphatic carbocycles. The fourth-order valence-corrected chi connectivity index (χ4v) is 1.90. The van der Waals surface area contributed by atoms with Crippen LogP contribution in [-0.4, -0.2) is 24.9 Å². The van der Waals surface area contributed by atoms with Gasteiger partial charge in [-0.15, -0.1) is 0 Å². The molecule has 2 nitrogen and oxygen atoms in total. The lowest BCUT2D eigenvalue weighted by atomic mass is 9.95. The summed E-state index contributed by atoms with van der Waals surface area (Å²) in [6.45, 7) is 3.65. The molecule has 90 valence electrons. The maximum Gasteiger partial charge on any atom is 0.0499 e. The quantitative estimate of drug-likeness (QED) is 0.744. The zero-order valence-corrected chi connectivity index (χ0v) is 10.4. The molecule has 0 saturated carbocycles. The number of hydrogen-bond donors (Lipinski definition) is 1. The van der Waals surface area contributed by atoms with Crippen LogP contribution in [0.3, 0.4) is 0 Å². The zero-order valence-electron chi connectivity index (χ0n) is 9.66. The molecule has 3 heteroatoms. The topological polar surface area (TPSA) is 29.5 Å². The largest absolute Gasteiger partial charge is 0.396 e. The highest BCUT2D eigenvalue weighted by atomic mass is 35.5. The van der Waals surface area contributed by atoms with E-state index in [0.717, 1.165) is 36.6 Å². The van der Waals surface area contributed by atoms with Crippen molar-refractivity contribution in [1.29, 1.82) is 0 Å². The molecule has 1 rings (SSSR count). The Morgan fingerprint density at radius 3 is 2.88 bits per heavy atom. The summed E-state index contributed by atoms with van der Waals surface area (Å²) in [6.07, 6.45) is 1.89. The molecule has 1 atom stereocenters. The van der Waals surface area contributed by atoms with Crippen molar-refractivity contribution in [2.24, 2.45) is 0 Å². The number of halogens is 1. The van der Waals surface area contributed by atoms with E-state index >= 15 is 0 Å². The summed E-state index contributed by atoms with van der Waals surface area (Å²) < 4.78 is 5.28. The molecule has 1 aromatic rings. The molecular formula is C13H19ClO2. The second-order valence-corrected chi connectivity index (χ2v) is 4.21. The van der Waals surface area contributed by atoms with Gasteiger partial charge in [0.05, 0.1) is 0 Å². The Balaban J connectivity index is 2.47. The Labute approximate surface area is 102 Å². The molecule has 1 aromatic carbocycles. The Kier molecular flexibility index (Phi) is 6.46. The third kappa shape index (κ3) is 4.52. The van der Waals surface area contributed by atoms with E-state index in [1.165, 1.54) is 0 Å². The molecular weight excluding hydrogens is 224 g/mol. The van der Waals surface area contributed by atoms with Crippen molar-refractivity contribution in [3.8, 4) is 0 Å². The highest BCUT2D eigenvalue weighted by Crippen LogP contribution is 2.23. The van der Waals surface area contributed by atoms with Crippen LogP contribution in [0.25, 0.3) is 0 Å². The van der Waals surface area contributed by atoms with Gasteiger partial charge in [0, 0.05) is 30.8 Å². The summed E-state index contributed by atoms with van der Waals surface area (Å²) in [5.74, 6) is 0.166. The number of ether oxygens (including phenoxy) is 1. The number of rotatable bonds is 7. The van der Waals surface area contributed by atoms with E-state index in [4.69, 9.17) is 16.3 Å². The molecule has 0 aromatic heterocycles. The summed E-state index contributed by atoms with van der Waals surface area (Å²) in [7, 11) is 0. The Hall–Kier alpha value is -0.570. The molecule has 16 heavy (non-hydrogen) atoms. The molecule has 0 aliphatic rings. The van der Waals surface area contributed by atoms with Gasteiger partial charge in [-0.2, -0.15) is 0 Å². The Morgan fingerprint density at radius 1 is 1.44 bits per heavy atom. The average molecular weight is 243 g/mol.